The van der Waals surface area contributed by atoms with Gasteiger partial charge in [0.2, 0.25) is 0 Å². The van der Waals surface area contributed by atoms with Gasteiger partial charge < -0.3 is 9.13 Å². The summed E-state index contributed by atoms with van der Waals surface area (Å²) in [6.07, 6.45) is 0. The summed E-state index contributed by atoms with van der Waals surface area (Å²) >= 11 is 0. The highest BCUT2D eigenvalue weighted by molar-refractivity contribution is 6.32. The lowest BCUT2D eigenvalue weighted by molar-refractivity contribution is 1.18. The van der Waals surface area contributed by atoms with Crippen molar-refractivity contribution in [3.63, 3.8) is 0 Å². The summed E-state index contributed by atoms with van der Waals surface area (Å²) in [5.41, 5.74) is 17.2. The summed E-state index contributed by atoms with van der Waals surface area (Å²) in [5, 5.41) is 4.95. The van der Waals surface area contributed by atoms with E-state index in [9.17, 15) is 0 Å². The van der Waals surface area contributed by atoms with Gasteiger partial charge >= 0.3 is 0 Å². The molecule has 11 aromatic rings. The van der Waals surface area contributed by atoms with Gasteiger partial charge in [-0.15, -0.1) is 0 Å². The number of para-hydroxylation sites is 3. The van der Waals surface area contributed by atoms with Gasteiger partial charge in [0.1, 0.15) is 7.85 Å². The molecule has 0 bridgehead atoms. The lowest BCUT2D eigenvalue weighted by Crippen LogP contribution is -1.99. The zero-order valence-electron chi connectivity index (χ0n) is 31.2. The summed E-state index contributed by atoms with van der Waals surface area (Å²) in [7, 11) is 6.17. The van der Waals surface area contributed by atoms with Crippen molar-refractivity contribution in [3.05, 3.63) is 212 Å². The van der Waals surface area contributed by atoms with Crippen molar-refractivity contribution >= 4 is 56.9 Å². The predicted molar refractivity (Wildman–Crippen MR) is 242 cm³/mol. The zero-order valence-corrected chi connectivity index (χ0v) is 31.2. The number of benzene rings is 9. The molecule has 2 nitrogen and oxygen atoms in total. The molecule has 57 heavy (non-hydrogen) atoms. The Labute approximate surface area is 332 Å². The zero-order chi connectivity index (χ0) is 37.9. The first kappa shape index (κ1) is 33.0. The summed E-state index contributed by atoms with van der Waals surface area (Å²) in [5.74, 6) is 0. The smallest absolute Gasteiger partial charge is 0.113 e. The van der Waals surface area contributed by atoms with Crippen LogP contribution in [-0.4, -0.2) is 17.0 Å². The van der Waals surface area contributed by atoms with Gasteiger partial charge in [-0.2, -0.15) is 0 Å². The van der Waals surface area contributed by atoms with Crippen LogP contribution >= 0.6 is 0 Å². The van der Waals surface area contributed by atoms with Crippen LogP contribution in [0.25, 0.3) is 99.5 Å². The van der Waals surface area contributed by atoms with Crippen molar-refractivity contribution in [1.82, 2.24) is 9.13 Å². The molecule has 0 saturated carbocycles. The highest BCUT2D eigenvalue weighted by Gasteiger charge is 2.17. The van der Waals surface area contributed by atoms with Crippen molar-refractivity contribution in [2.45, 2.75) is 0 Å². The molecule has 0 fully saturated rings. The first-order valence-corrected chi connectivity index (χ1v) is 19.5. The van der Waals surface area contributed by atoms with Crippen LogP contribution in [0, 0.1) is 0 Å². The highest BCUT2D eigenvalue weighted by atomic mass is 15.0. The van der Waals surface area contributed by atoms with E-state index in [1.165, 1.54) is 60.3 Å². The fraction of sp³-hybridized carbons (Fsp3) is 0. The molecule has 0 spiro atoms. The average molecular weight is 723 g/mol. The topological polar surface area (TPSA) is 9.86 Å². The van der Waals surface area contributed by atoms with Crippen molar-refractivity contribution in [1.29, 1.82) is 0 Å². The maximum atomic E-state index is 6.17. The Morgan fingerprint density at radius 1 is 0.246 bits per heavy atom. The van der Waals surface area contributed by atoms with E-state index in [0.717, 1.165) is 44.7 Å². The summed E-state index contributed by atoms with van der Waals surface area (Å²) < 4.78 is 4.78. The van der Waals surface area contributed by atoms with E-state index >= 15 is 0 Å². The van der Waals surface area contributed by atoms with Gasteiger partial charge in [0.05, 0.1) is 22.1 Å². The second-order valence-corrected chi connectivity index (χ2v) is 14.8. The van der Waals surface area contributed by atoms with Gasteiger partial charge in [-0.1, -0.05) is 145 Å². The molecule has 0 unspecified atom stereocenters. The Morgan fingerprint density at radius 2 is 0.667 bits per heavy atom. The molecule has 264 valence electrons. The Kier molecular flexibility index (Phi) is 7.79. The Balaban J connectivity index is 1.08. The molecule has 2 aromatic heterocycles. The Bertz CT molecular complexity index is 3260. The minimum Gasteiger partial charge on any atom is -0.309 e. The molecule has 9 aromatic carbocycles. The van der Waals surface area contributed by atoms with Gasteiger partial charge in [-0.25, -0.2) is 0 Å². The van der Waals surface area contributed by atoms with Crippen LogP contribution in [0.1, 0.15) is 0 Å². The van der Waals surface area contributed by atoms with E-state index in [1.54, 1.807) is 0 Å². The van der Waals surface area contributed by atoms with Crippen LogP contribution in [0.3, 0.4) is 0 Å². The third-order valence-corrected chi connectivity index (χ3v) is 11.4. The van der Waals surface area contributed by atoms with E-state index in [4.69, 9.17) is 7.85 Å². The molecule has 0 aliphatic rings. The standard InChI is InChI=1S/C54H35BN2/c55-44-25-19-38(20-26-44)41-31-42(33-43(32-41)40-23-29-49-47-15-7-9-17-51(47)57(54(49)35-40)45-13-5-2-6-14-45)39-24-30-53-50(34-39)48-16-8-10-18-52(48)56(53)46-27-21-37(22-28-46)36-11-3-1-4-12-36/h1-35H. The summed E-state index contributed by atoms with van der Waals surface area (Å²) in [6, 6.07) is 76.6. The van der Waals surface area contributed by atoms with Gasteiger partial charge in [-0.3, -0.25) is 0 Å². The van der Waals surface area contributed by atoms with Crippen molar-refractivity contribution < 1.29 is 0 Å². The van der Waals surface area contributed by atoms with Crippen LogP contribution in [0.2, 0.25) is 0 Å². The molecule has 2 radical (unpaired) electrons. The maximum absolute atomic E-state index is 6.17. The van der Waals surface area contributed by atoms with E-state index < -0.39 is 0 Å². The monoisotopic (exact) mass is 722 g/mol. The molecule has 0 amide bonds. The quantitative estimate of drug-likeness (QED) is 0.151. The van der Waals surface area contributed by atoms with Gasteiger partial charge in [0.15, 0.2) is 0 Å². The fourth-order valence-corrected chi connectivity index (χ4v) is 8.67. The maximum Gasteiger partial charge on any atom is 0.113 e. The average Bonchev–Trinajstić information content (AvgIpc) is 3.79. The van der Waals surface area contributed by atoms with Crippen LogP contribution in [0.15, 0.2) is 212 Å². The third-order valence-electron chi connectivity index (χ3n) is 11.4. The number of rotatable bonds is 6. The summed E-state index contributed by atoms with van der Waals surface area (Å²) in [4.78, 5) is 0. The molecule has 0 atom stereocenters. The normalized spacial score (nSPS) is 11.6. The number of nitrogens with zero attached hydrogens (tertiary/aromatic N) is 2. The third kappa shape index (κ3) is 5.67. The first-order chi connectivity index (χ1) is 28.2. The van der Waals surface area contributed by atoms with Gasteiger partial charge in [-0.05, 0) is 117 Å². The molecule has 0 N–H and O–H groups in total. The summed E-state index contributed by atoms with van der Waals surface area (Å²) in [6.45, 7) is 0. The van der Waals surface area contributed by atoms with E-state index in [-0.39, 0.29) is 0 Å². The lowest BCUT2D eigenvalue weighted by atomic mass is 9.90. The molecule has 11 rings (SSSR count). The second-order valence-electron chi connectivity index (χ2n) is 14.8. The lowest BCUT2D eigenvalue weighted by Gasteiger charge is -2.13. The van der Waals surface area contributed by atoms with Crippen molar-refractivity contribution in [2.75, 3.05) is 0 Å². The number of aromatic nitrogens is 2. The number of hydrogen-bond donors (Lipinski definition) is 0. The molecule has 0 aliphatic carbocycles. The largest absolute Gasteiger partial charge is 0.309 e. The Morgan fingerprint density at radius 3 is 1.35 bits per heavy atom. The molecular formula is C54H35BN2. The van der Waals surface area contributed by atoms with Crippen LogP contribution in [-0.2, 0) is 0 Å². The highest BCUT2D eigenvalue weighted by Crippen LogP contribution is 2.40. The number of fused-ring (bicyclic) bond motifs is 6. The van der Waals surface area contributed by atoms with E-state index in [0.29, 0.717) is 0 Å². The van der Waals surface area contributed by atoms with Gasteiger partial charge in [0.25, 0.3) is 0 Å². The number of hydrogen-bond acceptors (Lipinski definition) is 0. The minimum atomic E-state index is 0.755. The van der Waals surface area contributed by atoms with Crippen LogP contribution in [0.5, 0.6) is 0 Å². The van der Waals surface area contributed by atoms with Gasteiger partial charge in [0, 0.05) is 32.9 Å². The predicted octanol–water partition coefficient (Wildman–Crippen LogP) is 13.3. The minimum absolute atomic E-state index is 0.755. The van der Waals surface area contributed by atoms with Crippen LogP contribution < -0.4 is 5.46 Å². The van der Waals surface area contributed by atoms with Crippen molar-refractivity contribution in [3.8, 4) is 55.9 Å². The second kappa shape index (κ2) is 13.4. The van der Waals surface area contributed by atoms with Crippen molar-refractivity contribution in [2.24, 2.45) is 0 Å². The molecule has 0 saturated heterocycles. The molecule has 2 heterocycles. The molecular weight excluding hydrogens is 687 g/mol. The fourth-order valence-electron chi connectivity index (χ4n) is 8.67. The molecule has 3 heteroatoms. The molecule has 0 aliphatic heterocycles. The van der Waals surface area contributed by atoms with Crippen LogP contribution in [0.4, 0.5) is 0 Å². The Hall–Kier alpha value is -7.36. The SMILES string of the molecule is [B]c1ccc(-c2cc(-c3ccc4c(c3)c3ccccc3n4-c3ccc(-c4ccccc4)cc3)cc(-c3ccc4c5ccccc5n(-c5ccccc5)c4c3)c2)cc1. The first-order valence-electron chi connectivity index (χ1n) is 19.5. The van der Waals surface area contributed by atoms with E-state index in [2.05, 4.69) is 209 Å². The van der Waals surface area contributed by atoms with E-state index in [1.807, 2.05) is 12.1 Å².